The summed E-state index contributed by atoms with van der Waals surface area (Å²) in [5, 5.41) is 7.49. The van der Waals surface area contributed by atoms with Gasteiger partial charge in [-0.15, -0.1) is 0 Å². The van der Waals surface area contributed by atoms with Crippen LogP contribution < -0.4 is 11.3 Å². The molecule has 0 saturated heterocycles. The van der Waals surface area contributed by atoms with Crippen LogP contribution in [0.2, 0.25) is 0 Å². The predicted octanol–water partition coefficient (Wildman–Crippen LogP) is -0.0528. The second-order valence-electron chi connectivity index (χ2n) is 2.43. The lowest BCUT2D eigenvalue weighted by atomic mass is 10.3. The summed E-state index contributed by atoms with van der Waals surface area (Å²) in [5.41, 5.74) is 1.13. The van der Waals surface area contributed by atoms with Crippen LogP contribution in [0.1, 0.15) is 18.3 Å². The molecule has 0 atom stereocenters. The lowest BCUT2D eigenvalue weighted by molar-refractivity contribution is 0.744. The van der Waals surface area contributed by atoms with Crippen molar-refractivity contribution >= 4 is 0 Å². The van der Waals surface area contributed by atoms with Crippen molar-refractivity contribution in [1.82, 2.24) is 9.66 Å². The second kappa shape index (κ2) is 2.74. The molecule has 1 aromatic rings. The molecule has 1 heterocycles. The number of rotatable bonds is 1. The first kappa shape index (κ1) is 7.78. The summed E-state index contributed by atoms with van der Waals surface area (Å²) in [5.74, 6) is 6.30. The third-order valence-electron chi connectivity index (χ3n) is 1.62. The van der Waals surface area contributed by atoms with Crippen LogP contribution in [0.5, 0.6) is 0 Å². The van der Waals surface area contributed by atoms with Gasteiger partial charge in [0.15, 0.2) is 0 Å². The Bertz CT molecular complexity index is 313. The van der Waals surface area contributed by atoms with Gasteiger partial charge in [-0.25, -0.2) is 9.66 Å². The number of nitrogens with zero attached hydrogens (tertiary/aromatic N) is 2. The molecule has 0 aliphatic heterocycles. The zero-order valence-electron chi connectivity index (χ0n) is 6.76. The number of aromatic nitrogens is 2. The zero-order valence-corrected chi connectivity index (χ0v) is 6.76. The van der Waals surface area contributed by atoms with Crippen molar-refractivity contribution in [1.29, 1.82) is 5.41 Å². The summed E-state index contributed by atoms with van der Waals surface area (Å²) in [6.07, 6.45) is 2.42. The van der Waals surface area contributed by atoms with Gasteiger partial charge in [0.1, 0.15) is 11.3 Å². The maximum atomic E-state index is 7.49. The van der Waals surface area contributed by atoms with E-state index in [0.717, 1.165) is 17.8 Å². The van der Waals surface area contributed by atoms with E-state index in [9.17, 15) is 0 Å². The van der Waals surface area contributed by atoms with E-state index in [2.05, 4.69) is 4.98 Å². The Hall–Kier alpha value is -1.32. The number of nitrogen functional groups attached to an aromatic ring is 1. The van der Waals surface area contributed by atoms with Crippen LogP contribution in [0.4, 0.5) is 0 Å². The Balaban J connectivity index is 3.37. The van der Waals surface area contributed by atoms with Gasteiger partial charge in [-0.1, -0.05) is 6.92 Å². The minimum Gasteiger partial charge on any atom is -0.336 e. The summed E-state index contributed by atoms with van der Waals surface area (Å²) in [6, 6.07) is 0. The van der Waals surface area contributed by atoms with Gasteiger partial charge in [0.2, 0.25) is 0 Å². The first-order valence-corrected chi connectivity index (χ1v) is 3.54. The number of aryl methyl sites for hydroxylation is 2. The van der Waals surface area contributed by atoms with E-state index in [0.29, 0.717) is 5.49 Å². The third-order valence-corrected chi connectivity index (χ3v) is 1.62. The average Bonchev–Trinajstić information content (AvgIpc) is 2.01. The third kappa shape index (κ3) is 1.24. The lowest BCUT2D eigenvalue weighted by Crippen LogP contribution is -2.32. The smallest absolute Gasteiger partial charge is 0.149 e. The molecule has 0 fully saturated rings. The van der Waals surface area contributed by atoms with E-state index in [1.807, 2.05) is 13.8 Å². The van der Waals surface area contributed by atoms with Crippen molar-refractivity contribution in [2.75, 3.05) is 5.84 Å². The maximum absolute atomic E-state index is 7.49. The number of hydrogen-bond acceptors (Lipinski definition) is 3. The van der Waals surface area contributed by atoms with Crippen LogP contribution in [0.25, 0.3) is 0 Å². The highest BCUT2D eigenvalue weighted by molar-refractivity contribution is 5.03. The van der Waals surface area contributed by atoms with Gasteiger partial charge in [0.25, 0.3) is 0 Å². The minimum atomic E-state index is 0.330. The van der Waals surface area contributed by atoms with Crippen molar-refractivity contribution in [2.45, 2.75) is 20.3 Å². The minimum absolute atomic E-state index is 0.330. The highest BCUT2D eigenvalue weighted by Gasteiger charge is 1.98. The fourth-order valence-electron chi connectivity index (χ4n) is 0.875. The summed E-state index contributed by atoms with van der Waals surface area (Å²) >= 11 is 0. The number of nitrogens with two attached hydrogens (primary N) is 1. The molecule has 4 nitrogen and oxygen atoms in total. The molecule has 1 rings (SSSR count). The molecule has 11 heavy (non-hydrogen) atoms. The van der Waals surface area contributed by atoms with Crippen LogP contribution >= 0.6 is 0 Å². The van der Waals surface area contributed by atoms with Gasteiger partial charge in [0.05, 0.1) is 0 Å². The average molecular weight is 152 g/mol. The second-order valence-corrected chi connectivity index (χ2v) is 2.43. The molecule has 0 aliphatic rings. The van der Waals surface area contributed by atoms with Crippen molar-refractivity contribution in [3.63, 3.8) is 0 Å². The topological polar surface area (TPSA) is 67.7 Å². The van der Waals surface area contributed by atoms with E-state index in [-0.39, 0.29) is 0 Å². The first-order chi connectivity index (χ1) is 5.16. The Labute approximate surface area is 65.2 Å². The number of hydrogen-bond donors (Lipinski definition) is 2. The van der Waals surface area contributed by atoms with Crippen molar-refractivity contribution in [3.05, 3.63) is 23.1 Å². The van der Waals surface area contributed by atoms with E-state index in [1.54, 1.807) is 6.20 Å². The van der Waals surface area contributed by atoms with Gasteiger partial charge in [0, 0.05) is 18.2 Å². The quantitative estimate of drug-likeness (QED) is 0.554. The van der Waals surface area contributed by atoms with Gasteiger partial charge >= 0.3 is 0 Å². The van der Waals surface area contributed by atoms with Crippen LogP contribution in [0.15, 0.2) is 6.20 Å². The molecular formula is C7H12N4. The fraction of sp³-hybridized carbons (Fsp3) is 0.429. The molecule has 0 bridgehead atoms. The molecule has 0 saturated carbocycles. The van der Waals surface area contributed by atoms with Crippen LogP contribution in [-0.2, 0) is 6.42 Å². The maximum Gasteiger partial charge on any atom is 0.149 e. The summed E-state index contributed by atoms with van der Waals surface area (Å²) in [4.78, 5) is 4.08. The number of nitrogens with one attached hydrogen (secondary N) is 1. The molecule has 0 amide bonds. The molecule has 60 valence electrons. The Kier molecular flexibility index (Phi) is 1.94. The molecule has 0 spiro atoms. The highest BCUT2D eigenvalue weighted by atomic mass is 15.3. The van der Waals surface area contributed by atoms with Crippen molar-refractivity contribution in [2.24, 2.45) is 0 Å². The summed E-state index contributed by atoms with van der Waals surface area (Å²) in [6.45, 7) is 3.78. The molecule has 1 aromatic heterocycles. The monoisotopic (exact) mass is 152 g/mol. The standard InChI is InChI=1S/C7H12N4/c1-3-6-10-4-5(2)7(8)11(6)9/h4,8H,3,9H2,1-2H3. The molecule has 0 aliphatic carbocycles. The van der Waals surface area contributed by atoms with Crippen LogP contribution in [-0.4, -0.2) is 9.66 Å². The highest BCUT2D eigenvalue weighted by Crippen LogP contribution is 1.89. The van der Waals surface area contributed by atoms with E-state index in [4.69, 9.17) is 11.3 Å². The predicted molar refractivity (Wildman–Crippen MR) is 42.3 cm³/mol. The zero-order chi connectivity index (χ0) is 8.43. The first-order valence-electron chi connectivity index (χ1n) is 3.54. The molecule has 0 unspecified atom stereocenters. The Morgan fingerprint density at radius 1 is 1.73 bits per heavy atom. The largest absolute Gasteiger partial charge is 0.336 e. The molecule has 0 aromatic carbocycles. The van der Waals surface area contributed by atoms with Crippen LogP contribution in [0, 0.1) is 12.3 Å². The normalized spacial score (nSPS) is 10.0. The molecule has 4 heteroatoms. The van der Waals surface area contributed by atoms with Gasteiger partial charge in [-0.3, -0.25) is 5.41 Å². The fourth-order valence-corrected chi connectivity index (χ4v) is 0.875. The molecular weight excluding hydrogens is 140 g/mol. The van der Waals surface area contributed by atoms with Gasteiger partial charge in [-0.05, 0) is 6.92 Å². The Morgan fingerprint density at radius 3 is 2.91 bits per heavy atom. The van der Waals surface area contributed by atoms with Crippen molar-refractivity contribution in [3.8, 4) is 0 Å². The van der Waals surface area contributed by atoms with E-state index >= 15 is 0 Å². The van der Waals surface area contributed by atoms with Crippen molar-refractivity contribution < 1.29 is 0 Å². The van der Waals surface area contributed by atoms with Gasteiger partial charge < -0.3 is 5.84 Å². The SMILES string of the molecule is CCc1ncc(C)c(=N)n1N. The van der Waals surface area contributed by atoms with Crippen LogP contribution in [0.3, 0.4) is 0 Å². The van der Waals surface area contributed by atoms with E-state index in [1.165, 1.54) is 4.68 Å². The lowest BCUT2D eigenvalue weighted by Gasteiger charge is -2.05. The van der Waals surface area contributed by atoms with E-state index < -0.39 is 0 Å². The summed E-state index contributed by atoms with van der Waals surface area (Å²) < 4.78 is 1.31. The molecule has 3 N–H and O–H groups in total. The Morgan fingerprint density at radius 2 is 2.36 bits per heavy atom. The summed E-state index contributed by atoms with van der Waals surface area (Å²) in [7, 11) is 0. The van der Waals surface area contributed by atoms with Gasteiger partial charge in [-0.2, -0.15) is 0 Å². The molecule has 0 radical (unpaired) electrons.